The molecule has 1 atom stereocenters. The van der Waals surface area contributed by atoms with Gasteiger partial charge in [0, 0.05) is 6.08 Å². The van der Waals surface area contributed by atoms with E-state index in [0.29, 0.717) is 0 Å². The molecule has 0 saturated heterocycles. The number of amides is 1. The number of carbonyl (C=O) groups excluding carboxylic acids is 1. The number of nitrogens with zero attached hydrogens (tertiary/aromatic N) is 2. The first-order valence-corrected chi connectivity index (χ1v) is 3.12. The van der Waals surface area contributed by atoms with Gasteiger partial charge in [-0.25, -0.2) is 0 Å². The highest BCUT2D eigenvalue weighted by atomic mass is 16.1. The summed E-state index contributed by atoms with van der Waals surface area (Å²) in [6.45, 7) is 0. The number of hydrogen-bond donors (Lipinski definition) is 1. The van der Waals surface area contributed by atoms with E-state index in [1.165, 1.54) is 6.08 Å². The molecule has 4 heteroatoms. The molecule has 0 aromatic rings. The smallest absolute Gasteiger partial charge is 0.308 e. The molecule has 0 aromatic carbocycles. The molecule has 0 saturated carbocycles. The SMILES string of the molecule is [N-]=[N+]=C1C=CC=CC1C(N)=O. The molecule has 1 rings (SSSR count). The molecule has 1 aliphatic rings. The summed E-state index contributed by atoms with van der Waals surface area (Å²) in [4.78, 5) is 13.6. The molecule has 56 valence electrons. The minimum absolute atomic E-state index is 0.278. The van der Waals surface area contributed by atoms with Crippen LogP contribution in [0.2, 0.25) is 0 Å². The fraction of sp³-hybridized carbons (Fsp3) is 0.143. The van der Waals surface area contributed by atoms with E-state index in [-0.39, 0.29) is 5.71 Å². The first kappa shape index (κ1) is 7.44. The molecule has 0 bridgehead atoms. The average molecular weight is 149 g/mol. The Bertz CT molecular complexity index is 284. The molecule has 11 heavy (non-hydrogen) atoms. The molecular weight excluding hydrogens is 142 g/mol. The van der Waals surface area contributed by atoms with Crippen molar-refractivity contribution in [1.29, 1.82) is 0 Å². The predicted octanol–water partition coefficient (Wildman–Crippen LogP) is -0.115. The lowest BCUT2D eigenvalue weighted by atomic mass is 9.98. The van der Waals surface area contributed by atoms with Gasteiger partial charge in [0.15, 0.2) is 5.92 Å². The van der Waals surface area contributed by atoms with Crippen molar-refractivity contribution in [2.75, 3.05) is 0 Å². The van der Waals surface area contributed by atoms with Crippen LogP contribution in [0.3, 0.4) is 0 Å². The average Bonchev–Trinajstić information content (AvgIpc) is 2.04. The van der Waals surface area contributed by atoms with Crippen molar-refractivity contribution in [2.45, 2.75) is 0 Å². The maximum atomic E-state index is 10.7. The topological polar surface area (TPSA) is 79.5 Å². The molecule has 2 N–H and O–H groups in total. The standard InChI is InChI=1S/C7H7N3O/c8-7(11)5-3-1-2-4-6(5)10-9/h1-5H,(H2,8,11). The summed E-state index contributed by atoms with van der Waals surface area (Å²) in [6.07, 6.45) is 6.48. The van der Waals surface area contributed by atoms with Crippen molar-refractivity contribution in [3.63, 3.8) is 0 Å². The van der Waals surface area contributed by atoms with E-state index in [1.807, 2.05) is 0 Å². The Balaban J connectivity index is 2.97. The molecule has 4 nitrogen and oxygen atoms in total. The molecule has 0 aliphatic heterocycles. The van der Waals surface area contributed by atoms with Crippen molar-refractivity contribution in [1.82, 2.24) is 0 Å². The van der Waals surface area contributed by atoms with Crippen LogP contribution in [-0.2, 0) is 4.79 Å². The fourth-order valence-corrected chi connectivity index (χ4v) is 0.868. The first-order chi connectivity index (χ1) is 5.25. The largest absolute Gasteiger partial charge is 0.369 e. The second-order valence-electron chi connectivity index (χ2n) is 2.15. The van der Waals surface area contributed by atoms with E-state index in [9.17, 15) is 4.79 Å². The van der Waals surface area contributed by atoms with Gasteiger partial charge in [0.05, 0.1) is 0 Å². The molecule has 0 aromatic heterocycles. The number of hydrogen-bond acceptors (Lipinski definition) is 1. The maximum Gasteiger partial charge on any atom is 0.308 e. The summed E-state index contributed by atoms with van der Waals surface area (Å²) in [5.74, 6) is -1.11. The molecule has 1 aliphatic carbocycles. The van der Waals surface area contributed by atoms with Crippen LogP contribution in [0.15, 0.2) is 24.3 Å². The second-order valence-corrected chi connectivity index (χ2v) is 2.15. The molecule has 0 fully saturated rings. The van der Waals surface area contributed by atoms with Crippen LogP contribution < -0.4 is 5.73 Å². The van der Waals surface area contributed by atoms with E-state index < -0.39 is 11.8 Å². The van der Waals surface area contributed by atoms with Crippen LogP contribution in [0.4, 0.5) is 0 Å². The van der Waals surface area contributed by atoms with Gasteiger partial charge in [0.1, 0.15) is 0 Å². The van der Waals surface area contributed by atoms with Crippen molar-refractivity contribution < 1.29 is 9.58 Å². The van der Waals surface area contributed by atoms with Crippen LogP contribution in [0.1, 0.15) is 0 Å². The van der Waals surface area contributed by atoms with Gasteiger partial charge in [0.25, 0.3) is 0 Å². The number of carbonyl (C=O) groups is 1. The Hall–Kier alpha value is -1.67. The van der Waals surface area contributed by atoms with Crippen LogP contribution in [0, 0.1) is 5.92 Å². The fourth-order valence-electron chi connectivity index (χ4n) is 0.868. The zero-order valence-electron chi connectivity index (χ0n) is 5.77. The van der Waals surface area contributed by atoms with Gasteiger partial charge in [-0.2, -0.15) is 4.79 Å². The summed E-state index contributed by atoms with van der Waals surface area (Å²) in [5.41, 5.74) is 13.7. The zero-order valence-corrected chi connectivity index (χ0v) is 5.77. The quantitative estimate of drug-likeness (QED) is 0.409. The van der Waals surface area contributed by atoms with E-state index in [1.54, 1.807) is 18.2 Å². The van der Waals surface area contributed by atoms with Crippen LogP contribution >= 0.6 is 0 Å². The van der Waals surface area contributed by atoms with Gasteiger partial charge in [-0.3, -0.25) is 4.79 Å². The van der Waals surface area contributed by atoms with Gasteiger partial charge < -0.3 is 11.3 Å². The highest BCUT2D eigenvalue weighted by Crippen LogP contribution is 2.06. The molecular formula is C7H7N3O. The van der Waals surface area contributed by atoms with Crippen LogP contribution in [-0.4, -0.2) is 16.4 Å². The summed E-state index contributed by atoms with van der Waals surface area (Å²) in [5, 5.41) is 0. The Morgan fingerprint density at radius 3 is 2.82 bits per heavy atom. The van der Waals surface area contributed by atoms with Crippen LogP contribution in [0.25, 0.3) is 5.53 Å². The van der Waals surface area contributed by atoms with Gasteiger partial charge >= 0.3 is 5.71 Å². The van der Waals surface area contributed by atoms with Gasteiger partial charge in [-0.05, 0) is 0 Å². The third-order valence-corrected chi connectivity index (χ3v) is 1.42. The first-order valence-electron chi connectivity index (χ1n) is 3.12. The summed E-state index contributed by atoms with van der Waals surface area (Å²) in [6, 6.07) is 0. The van der Waals surface area contributed by atoms with Gasteiger partial charge in [-0.15, -0.1) is 0 Å². The molecule has 0 radical (unpaired) electrons. The minimum atomic E-state index is -0.593. The van der Waals surface area contributed by atoms with Gasteiger partial charge in [-0.1, -0.05) is 18.2 Å². The molecule has 1 amide bonds. The van der Waals surface area contributed by atoms with Crippen LogP contribution in [0.5, 0.6) is 0 Å². The van der Waals surface area contributed by atoms with Gasteiger partial charge in [0.2, 0.25) is 5.91 Å². The number of primary amides is 1. The summed E-state index contributed by atoms with van der Waals surface area (Å²) < 4.78 is 0. The van der Waals surface area contributed by atoms with Crippen molar-refractivity contribution in [3.05, 3.63) is 29.8 Å². The summed E-state index contributed by atoms with van der Waals surface area (Å²) >= 11 is 0. The lowest BCUT2D eigenvalue weighted by Gasteiger charge is -2.02. The zero-order chi connectivity index (χ0) is 8.27. The number of nitrogens with two attached hydrogens (primary N) is 1. The second kappa shape index (κ2) is 2.94. The highest BCUT2D eigenvalue weighted by molar-refractivity contribution is 6.09. The highest BCUT2D eigenvalue weighted by Gasteiger charge is 2.25. The van der Waals surface area contributed by atoms with E-state index in [4.69, 9.17) is 11.3 Å². The Labute approximate surface area is 63.6 Å². The predicted molar refractivity (Wildman–Crippen MR) is 39.6 cm³/mol. The Morgan fingerprint density at radius 2 is 2.36 bits per heavy atom. The summed E-state index contributed by atoms with van der Waals surface area (Å²) in [7, 11) is 0. The molecule has 1 unspecified atom stereocenters. The third kappa shape index (κ3) is 1.42. The molecule has 0 heterocycles. The van der Waals surface area contributed by atoms with Crippen molar-refractivity contribution in [2.24, 2.45) is 11.7 Å². The lowest BCUT2D eigenvalue weighted by molar-refractivity contribution is -0.119. The van der Waals surface area contributed by atoms with Crippen molar-refractivity contribution >= 4 is 11.6 Å². The maximum absolute atomic E-state index is 10.7. The molecule has 0 spiro atoms. The van der Waals surface area contributed by atoms with E-state index in [2.05, 4.69) is 4.79 Å². The monoisotopic (exact) mass is 149 g/mol. The number of allylic oxidation sites excluding steroid dienone is 3. The third-order valence-electron chi connectivity index (χ3n) is 1.42. The van der Waals surface area contributed by atoms with Crippen molar-refractivity contribution in [3.8, 4) is 0 Å². The minimum Gasteiger partial charge on any atom is -0.369 e. The van der Waals surface area contributed by atoms with E-state index in [0.717, 1.165) is 0 Å². The number of rotatable bonds is 1. The lowest BCUT2D eigenvalue weighted by Crippen LogP contribution is -2.29. The Kier molecular flexibility index (Phi) is 1.99. The Morgan fingerprint density at radius 1 is 1.64 bits per heavy atom. The van der Waals surface area contributed by atoms with E-state index >= 15 is 0 Å². The normalized spacial score (nSPS) is 21.5.